The van der Waals surface area contributed by atoms with Crippen molar-refractivity contribution in [3.8, 4) is 0 Å². The number of amides is 1. The third-order valence-electron chi connectivity index (χ3n) is 2.99. The fourth-order valence-electron chi connectivity index (χ4n) is 2.03. The molecule has 1 atom stereocenters. The minimum absolute atomic E-state index is 0.103. The first-order chi connectivity index (χ1) is 9.47. The highest BCUT2D eigenvalue weighted by atomic mass is 79.9. The van der Waals surface area contributed by atoms with Crippen molar-refractivity contribution in [2.45, 2.75) is 12.5 Å². The van der Waals surface area contributed by atoms with E-state index < -0.39 is 12.1 Å². The zero-order valence-corrected chi connectivity index (χ0v) is 12.9. The van der Waals surface area contributed by atoms with E-state index in [0.29, 0.717) is 28.2 Å². The number of carbonyl (C=O) groups is 2. The summed E-state index contributed by atoms with van der Waals surface area (Å²) in [5.41, 5.74) is 0.511. The summed E-state index contributed by atoms with van der Waals surface area (Å²) >= 11 is 9.17. The number of hydrogen-bond donors (Lipinski definition) is 1. The minimum atomic E-state index is -0.932. The highest BCUT2D eigenvalue weighted by molar-refractivity contribution is 9.10. The third-order valence-corrected chi connectivity index (χ3v) is 4.21. The van der Waals surface area contributed by atoms with Gasteiger partial charge in [-0.3, -0.25) is 9.59 Å². The minimum Gasteiger partial charge on any atom is -0.481 e. The van der Waals surface area contributed by atoms with Crippen molar-refractivity contribution in [2.75, 3.05) is 19.7 Å². The van der Waals surface area contributed by atoms with E-state index in [9.17, 15) is 9.59 Å². The van der Waals surface area contributed by atoms with Crippen LogP contribution in [0, 0.1) is 0 Å². The van der Waals surface area contributed by atoms with E-state index in [0.717, 1.165) is 0 Å². The van der Waals surface area contributed by atoms with E-state index in [1.165, 1.54) is 0 Å². The van der Waals surface area contributed by atoms with Gasteiger partial charge in [0.15, 0.2) is 0 Å². The number of aliphatic carboxylic acids is 1. The molecule has 1 unspecified atom stereocenters. The number of morpholine rings is 1. The molecule has 1 N–H and O–H groups in total. The molecule has 0 aliphatic carbocycles. The smallest absolute Gasteiger partial charge is 0.306 e. The average Bonchev–Trinajstić information content (AvgIpc) is 2.40. The van der Waals surface area contributed by atoms with Crippen molar-refractivity contribution < 1.29 is 19.4 Å². The molecule has 108 valence electrons. The number of nitrogens with zero attached hydrogens (tertiary/aromatic N) is 1. The van der Waals surface area contributed by atoms with Gasteiger partial charge in [0.1, 0.15) is 0 Å². The summed E-state index contributed by atoms with van der Waals surface area (Å²) in [4.78, 5) is 24.6. The number of carbonyl (C=O) groups excluding carboxylic acids is 1. The second kappa shape index (κ2) is 6.56. The first-order valence-electron chi connectivity index (χ1n) is 6.05. The summed E-state index contributed by atoms with van der Waals surface area (Å²) in [6.07, 6.45) is -0.561. The first kappa shape index (κ1) is 15.3. The van der Waals surface area contributed by atoms with Gasteiger partial charge >= 0.3 is 5.97 Å². The second-order valence-electron chi connectivity index (χ2n) is 4.47. The molecule has 2 rings (SSSR count). The van der Waals surface area contributed by atoms with E-state index in [1.54, 1.807) is 23.1 Å². The fraction of sp³-hybridized carbons (Fsp3) is 0.385. The molecule has 1 aromatic rings. The quantitative estimate of drug-likeness (QED) is 0.897. The molecule has 1 saturated heterocycles. The predicted octanol–water partition coefficient (Wildman–Crippen LogP) is 2.42. The van der Waals surface area contributed by atoms with Gasteiger partial charge in [0, 0.05) is 23.1 Å². The molecular formula is C13H13BrClNO4. The lowest BCUT2D eigenvalue weighted by Crippen LogP contribution is -2.46. The van der Waals surface area contributed by atoms with Crippen LogP contribution >= 0.6 is 27.5 Å². The molecule has 0 spiro atoms. The average molecular weight is 363 g/mol. The number of benzene rings is 1. The summed E-state index contributed by atoms with van der Waals surface area (Å²) < 4.78 is 6.00. The van der Waals surface area contributed by atoms with Gasteiger partial charge in [-0.1, -0.05) is 11.6 Å². The molecule has 7 heteroatoms. The molecule has 1 amide bonds. The number of carboxylic acid groups (broad SMARTS) is 1. The van der Waals surface area contributed by atoms with Crippen LogP contribution in [-0.4, -0.2) is 47.7 Å². The number of halogens is 2. The molecule has 1 aliphatic rings. The van der Waals surface area contributed by atoms with Gasteiger partial charge < -0.3 is 14.7 Å². The second-order valence-corrected chi connectivity index (χ2v) is 5.73. The maximum atomic E-state index is 12.4. The van der Waals surface area contributed by atoms with Gasteiger partial charge in [-0.15, -0.1) is 0 Å². The van der Waals surface area contributed by atoms with Crippen LogP contribution in [0.3, 0.4) is 0 Å². The summed E-state index contributed by atoms with van der Waals surface area (Å²) in [5.74, 6) is -1.08. The van der Waals surface area contributed by atoms with Crippen LogP contribution in [0.4, 0.5) is 0 Å². The summed E-state index contributed by atoms with van der Waals surface area (Å²) in [6, 6.07) is 4.96. The standard InChI is InChI=1S/C13H13BrClNO4/c14-10-5-8(1-2-11(10)15)13(19)16-3-4-20-9(7-16)6-12(17)18/h1-2,5,9H,3-4,6-7H2,(H,17,18). The molecular weight excluding hydrogens is 350 g/mol. The Morgan fingerprint density at radius 2 is 2.25 bits per heavy atom. The van der Waals surface area contributed by atoms with Crippen LogP contribution < -0.4 is 0 Å². The summed E-state index contributed by atoms with van der Waals surface area (Å²) in [7, 11) is 0. The Bertz CT molecular complexity index is 537. The normalized spacial score (nSPS) is 18.9. The van der Waals surface area contributed by atoms with E-state index in [1.807, 2.05) is 0 Å². The van der Waals surface area contributed by atoms with Gasteiger partial charge in [-0.2, -0.15) is 0 Å². The van der Waals surface area contributed by atoms with Crippen LogP contribution in [0.15, 0.2) is 22.7 Å². The van der Waals surface area contributed by atoms with Crippen molar-refractivity contribution in [2.24, 2.45) is 0 Å². The number of hydrogen-bond acceptors (Lipinski definition) is 3. The van der Waals surface area contributed by atoms with Crippen molar-refractivity contribution in [1.82, 2.24) is 4.90 Å². The summed E-state index contributed by atoms with van der Waals surface area (Å²) in [6.45, 7) is 1.08. The summed E-state index contributed by atoms with van der Waals surface area (Å²) in [5, 5.41) is 9.30. The van der Waals surface area contributed by atoms with E-state index in [-0.39, 0.29) is 18.9 Å². The van der Waals surface area contributed by atoms with Gasteiger partial charge in [0.2, 0.25) is 0 Å². The molecule has 5 nitrogen and oxygen atoms in total. The SMILES string of the molecule is O=C(O)CC1CN(C(=O)c2ccc(Cl)c(Br)c2)CCO1. The van der Waals surface area contributed by atoms with Crippen LogP contribution in [0.1, 0.15) is 16.8 Å². The van der Waals surface area contributed by atoms with E-state index in [4.69, 9.17) is 21.4 Å². The molecule has 0 saturated carbocycles. The van der Waals surface area contributed by atoms with Crippen molar-refractivity contribution in [3.05, 3.63) is 33.3 Å². The largest absolute Gasteiger partial charge is 0.481 e. The topological polar surface area (TPSA) is 66.8 Å². The maximum absolute atomic E-state index is 12.4. The van der Waals surface area contributed by atoms with Crippen LogP contribution in [0.2, 0.25) is 5.02 Å². The highest BCUT2D eigenvalue weighted by Gasteiger charge is 2.26. The van der Waals surface area contributed by atoms with Gasteiger partial charge in [-0.25, -0.2) is 0 Å². The molecule has 1 heterocycles. The van der Waals surface area contributed by atoms with E-state index >= 15 is 0 Å². The van der Waals surface area contributed by atoms with E-state index in [2.05, 4.69) is 15.9 Å². The fourth-order valence-corrected chi connectivity index (χ4v) is 2.53. The van der Waals surface area contributed by atoms with Crippen LogP contribution in [-0.2, 0) is 9.53 Å². The maximum Gasteiger partial charge on any atom is 0.306 e. The Morgan fingerprint density at radius 1 is 1.50 bits per heavy atom. The molecule has 1 fully saturated rings. The van der Waals surface area contributed by atoms with Crippen molar-refractivity contribution in [3.63, 3.8) is 0 Å². The zero-order valence-electron chi connectivity index (χ0n) is 10.5. The van der Waals surface area contributed by atoms with Crippen molar-refractivity contribution >= 4 is 39.4 Å². The lowest BCUT2D eigenvalue weighted by Gasteiger charge is -2.32. The molecule has 0 bridgehead atoms. The highest BCUT2D eigenvalue weighted by Crippen LogP contribution is 2.24. The van der Waals surface area contributed by atoms with Gasteiger partial charge in [0.05, 0.1) is 24.2 Å². The lowest BCUT2D eigenvalue weighted by molar-refractivity contribution is -0.141. The molecule has 1 aliphatic heterocycles. The Kier molecular flexibility index (Phi) is 5.01. The first-order valence-corrected chi connectivity index (χ1v) is 7.22. The molecule has 1 aromatic carbocycles. The Hall–Kier alpha value is -1.11. The number of carboxylic acids is 1. The van der Waals surface area contributed by atoms with Crippen LogP contribution in [0.5, 0.6) is 0 Å². The molecule has 20 heavy (non-hydrogen) atoms. The Labute approximate surface area is 129 Å². The van der Waals surface area contributed by atoms with Gasteiger partial charge in [0.25, 0.3) is 5.91 Å². The van der Waals surface area contributed by atoms with Crippen LogP contribution in [0.25, 0.3) is 0 Å². The Morgan fingerprint density at radius 3 is 2.90 bits per heavy atom. The molecule has 0 radical (unpaired) electrons. The van der Waals surface area contributed by atoms with Gasteiger partial charge in [-0.05, 0) is 34.1 Å². The predicted molar refractivity (Wildman–Crippen MR) is 77.0 cm³/mol. The zero-order chi connectivity index (χ0) is 14.7. The lowest BCUT2D eigenvalue weighted by atomic mass is 10.1. The monoisotopic (exact) mass is 361 g/mol. The third kappa shape index (κ3) is 3.71. The Balaban J connectivity index is 2.08. The number of ether oxygens (including phenoxy) is 1. The molecule has 0 aromatic heterocycles. The van der Waals surface area contributed by atoms with Crippen molar-refractivity contribution in [1.29, 1.82) is 0 Å². The number of rotatable bonds is 3.